The van der Waals surface area contributed by atoms with Crippen molar-refractivity contribution >= 4 is 34.1 Å². The fourth-order valence-corrected chi connectivity index (χ4v) is 3.40. The standard InChI is InChI=1S/C14H10F3N3O2S/c15-14(16,17)12-10(13(21)22-19-12)5-9-1-2-11(23-9)20-4-3-8(6-18)7-20/h1-2,5,8H,3-4,7H2. The predicted molar refractivity (Wildman–Crippen MR) is 77.8 cm³/mol. The summed E-state index contributed by atoms with van der Waals surface area (Å²) in [6, 6.07) is 5.60. The maximum absolute atomic E-state index is 12.8. The third-order valence-electron chi connectivity index (χ3n) is 3.55. The molecule has 2 aliphatic rings. The largest absolute Gasteiger partial charge is 0.437 e. The van der Waals surface area contributed by atoms with Crippen LogP contribution >= 0.6 is 11.3 Å². The smallest absolute Gasteiger partial charge is 0.362 e. The minimum atomic E-state index is -4.74. The summed E-state index contributed by atoms with van der Waals surface area (Å²) in [6.07, 6.45) is -2.84. The second kappa shape index (κ2) is 5.70. The summed E-state index contributed by atoms with van der Waals surface area (Å²) in [7, 11) is 0. The quantitative estimate of drug-likeness (QED) is 0.613. The minimum Gasteiger partial charge on any atom is -0.362 e. The highest BCUT2D eigenvalue weighted by atomic mass is 32.1. The second-order valence-electron chi connectivity index (χ2n) is 5.11. The van der Waals surface area contributed by atoms with Crippen LogP contribution in [0.15, 0.2) is 22.9 Å². The van der Waals surface area contributed by atoms with Gasteiger partial charge in [0.25, 0.3) is 0 Å². The van der Waals surface area contributed by atoms with Gasteiger partial charge in [0.2, 0.25) is 0 Å². The van der Waals surface area contributed by atoms with Crippen LogP contribution in [0.5, 0.6) is 0 Å². The van der Waals surface area contributed by atoms with Gasteiger partial charge in [0.1, 0.15) is 0 Å². The van der Waals surface area contributed by atoms with Crippen molar-refractivity contribution in [3.8, 4) is 6.07 Å². The number of thiophene rings is 1. The lowest BCUT2D eigenvalue weighted by Crippen LogP contribution is -2.24. The zero-order valence-corrected chi connectivity index (χ0v) is 12.4. The molecule has 23 heavy (non-hydrogen) atoms. The summed E-state index contributed by atoms with van der Waals surface area (Å²) in [5.41, 5.74) is -1.91. The molecule has 3 heterocycles. The van der Waals surface area contributed by atoms with Crippen LogP contribution in [0.2, 0.25) is 0 Å². The molecule has 1 fully saturated rings. The van der Waals surface area contributed by atoms with E-state index in [9.17, 15) is 18.0 Å². The van der Waals surface area contributed by atoms with Gasteiger partial charge in [-0.1, -0.05) is 5.16 Å². The number of nitrogens with zero attached hydrogens (tertiary/aromatic N) is 3. The van der Waals surface area contributed by atoms with Crippen molar-refractivity contribution < 1.29 is 22.8 Å². The van der Waals surface area contributed by atoms with Gasteiger partial charge in [0.05, 0.1) is 22.6 Å². The number of alkyl halides is 3. The maximum atomic E-state index is 12.8. The lowest BCUT2D eigenvalue weighted by atomic mass is 10.1. The zero-order chi connectivity index (χ0) is 16.6. The lowest BCUT2D eigenvalue weighted by molar-refractivity contribution is -0.136. The molecule has 2 aliphatic heterocycles. The minimum absolute atomic E-state index is 0.0346. The summed E-state index contributed by atoms with van der Waals surface area (Å²) in [6.45, 7) is 1.33. The number of oxime groups is 1. The molecule has 0 saturated carbocycles. The third kappa shape index (κ3) is 3.07. The van der Waals surface area contributed by atoms with E-state index in [0.29, 0.717) is 11.4 Å². The SMILES string of the molecule is N#CC1CCN(c2ccc(C=C3C(=O)ON=C3C(F)(F)F)s2)C1. The fourth-order valence-electron chi connectivity index (χ4n) is 2.41. The molecule has 0 aromatic carbocycles. The predicted octanol–water partition coefficient (Wildman–Crippen LogP) is 2.96. The number of halogens is 3. The maximum Gasteiger partial charge on any atom is 0.437 e. The summed E-state index contributed by atoms with van der Waals surface area (Å²) in [4.78, 5) is 18.1. The number of hydrogen-bond donors (Lipinski definition) is 0. The molecule has 0 amide bonds. The van der Waals surface area contributed by atoms with E-state index in [0.717, 1.165) is 24.0 Å². The van der Waals surface area contributed by atoms with Crippen LogP contribution in [0.25, 0.3) is 6.08 Å². The van der Waals surface area contributed by atoms with Crippen molar-refractivity contribution in [1.82, 2.24) is 0 Å². The van der Waals surface area contributed by atoms with E-state index in [4.69, 9.17) is 5.26 Å². The van der Waals surface area contributed by atoms with Crippen LogP contribution in [0.3, 0.4) is 0 Å². The Bertz CT molecular complexity index is 745. The number of carbonyl (C=O) groups excluding carboxylic acids is 1. The number of rotatable bonds is 2. The topological polar surface area (TPSA) is 65.7 Å². The Kier molecular flexibility index (Phi) is 3.85. The molecule has 1 unspecified atom stereocenters. The van der Waals surface area contributed by atoms with Crippen molar-refractivity contribution in [2.24, 2.45) is 11.1 Å². The van der Waals surface area contributed by atoms with Crippen LogP contribution < -0.4 is 4.90 Å². The highest BCUT2D eigenvalue weighted by Crippen LogP contribution is 2.34. The van der Waals surface area contributed by atoms with E-state index in [-0.39, 0.29) is 5.92 Å². The van der Waals surface area contributed by atoms with Gasteiger partial charge >= 0.3 is 12.1 Å². The molecule has 0 N–H and O–H groups in total. The van der Waals surface area contributed by atoms with Gasteiger partial charge in [-0.2, -0.15) is 18.4 Å². The average molecular weight is 341 g/mol. The Morgan fingerprint density at radius 3 is 2.91 bits per heavy atom. The van der Waals surface area contributed by atoms with Gasteiger partial charge in [-0.25, -0.2) is 4.79 Å². The Balaban J connectivity index is 1.82. The summed E-state index contributed by atoms with van der Waals surface area (Å²) < 4.78 is 38.3. The van der Waals surface area contributed by atoms with Gasteiger partial charge in [-0.15, -0.1) is 11.3 Å². The number of hydrogen-bond acceptors (Lipinski definition) is 6. The zero-order valence-electron chi connectivity index (χ0n) is 11.6. The molecule has 0 radical (unpaired) electrons. The molecule has 0 spiro atoms. The number of anilines is 1. The van der Waals surface area contributed by atoms with Crippen molar-refractivity contribution in [1.29, 1.82) is 5.26 Å². The molecule has 1 atom stereocenters. The molecular weight excluding hydrogens is 331 g/mol. The monoisotopic (exact) mass is 341 g/mol. The van der Waals surface area contributed by atoms with Crippen LogP contribution in [0, 0.1) is 17.2 Å². The second-order valence-corrected chi connectivity index (χ2v) is 6.20. The lowest BCUT2D eigenvalue weighted by Gasteiger charge is -2.14. The Hall–Kier alpha value is -2.34. The summed E-state index contributed by atoms with van der Waals surface area (Å²) in [5, 5.41) is 12.6. The van der Waals surface area contributed by atoms with Crippen LogP contribution in [0.4, 0.5) is 18.2 Å². The first-order chi connectivity index (χ1) is 10.9. The van der Waals surface area contributed by atoms with Crippen molar-refractivity contribution in [3.05, 3.63) is 22.6 Å². The number of nitriles is 1. The average Bonchev–Trinajstić information content (AvgIpc) is 3.19. The molecule has 5 nitrogen and oxygen atoms in total. The van der Waals surface area contributed by atoms with Gasteiger partial charge in [-0.05, 0) is 24.6 Å². The molecule has 0 bridgehead atoms. The highest BCUT2D eigenvalue weighted by Gasteiger charge is 2.45. The normalized spacial score (nSPS) is 23.1. The van der Waals surface area contributed by atoms with E-state index in [1.54, 1.807) is 12.1 Å². The van der Waals surface area contributed by atoms with Crippen LogP contribution in [0.1, 0.15) is 11.3 Å². The first-order valence-corrected chi connectivity index (χ1v) is 7.53. The highest BCUT2D eigenvalue weighted by molar-refractivity contribution is 7.17. The molecule has 1 aromatic rings. The van der Waals surface area contributed by atoms with Gasteiger partial charge in [0, 0.05) is 18.0 Å². The fraction of sp³-hybridized carbons (Fsp3) is 0.357. The molecule has 120 valence electrons. The number of carbonyl (C=O) groups is 1. The Labute approximate surface area is 133 Å². The van der Waals surface area contributed by atoms with E-state index < -0.39 is 23.4 Å². The Morgan fingerprint density at radius 1 is 1.48 bits per heavy atom. The van der Waals surface area contributed by atoms with Crippen molar-refractivity contribution in [2.75, 3.05) is 18.0 Å². The van der Waals surface area contributed by atoms with Gasteiger partial charge in [0.15, 0.2) is 5.71 Å². The summed E-state index contributed by atoms with van der Waals surface area (Å²) in [5.74, 6) is -1.15. The molecule has 3 rings (SSSR count). The van der Waals surface area contributed by atoms with Crippen LogP contribution in [-0.2, 0) is 9.63 Å². The molecule has 0 aliphatic carbocycles. The van der Waals surface area contributed by atoms with Crippen LogP contribution in [-0.4, -0.2) is 30.9 Å². The summed E-state index contributed by atoms with van der Waals surface area (Å²) >= 11 is 1.25. The molecule has 1 aromatic heterocycles. The Morgan fingerprint density at radius 2 is 2.26 bits per heavy atom. The first kappa shape index (κ1) is 15.6. The van der Waals surface area contributed by atoms with Gasteiger partial charge < -0.3 is 9.74 Å². The molecule has 1 saturated heterocycles. The van der Waals surface area contributed by atoms with Gasteiger partial charge in [-0.3, -0.25) is 0 Å². The van der Waals surface area contributed by atoms with E-state index in [1.807, 2.05) is 4.90 Å². The van der Waals surface area contributed by atoms with Crippen molar-refractivity contribution in [2.45, 2.75) is 12.6 Å². The molecule has 9 heteroatoms. The third-order valence-corrected chi connectivity index (χ3v) is 4.64. The van der Waals surface area contributed by atoms with E-state index in [1.165, 1.54) is 11.3 Å². The van der Waals surface area contributed by atoms with Crippen molar-refractivity contribution in [3.63, 3.8) is 0 Å². The molecular formula is C14H10F3N3O2S. The van der Waals surface area contributed by atoms with E-state index >= 15 is 0 Å². The van der Waals surface area contributed by atoms with E-state index in [2.05, 4.69) is 16.1 Å². The first-order valence-electron chi connectivity index (χ1n) is 6.71.